The lowest BCUT2D eigenvalue weighted by molar-refractivity contribution is 0.393. The van der Waals surface area contributed by atoms with Crippen LogP contribution in [0.1, 0.15) is 42.1 Å². The van der Waals surface area contributed by atoms with E-state index in [9.17, 15) is 0 Å². The fraction of sp³-hybridized carbons (Fsp3) is 0.444. The van der Waals surface area contributed by atoms with Gasteiger partial charge in [0, 0.05) is 15.8 Å². The van der Waals surface area contributed by atoms with E-state index in [1.54, 1.807) is 0 Å². The van der Waals surface area contributed by atoms with Crippen molar-refractivity contribution in [2.45, 2.75) is 39.7 Å². The van der Waals surface area contributed by atoms with Gasteiger partial charge in [0.25, 0.3) is 0 Å². The Labute approximate surface area is 127 Å². The van der Waals surface area contributed by atoms with Crippen molar-refractivity contribution in [3.05, 3.63) is 57.8 Å². The van der Waals surface area contributed by atoms with Gasteiger partial charge in [-0.25, -0.2) is 0 Å². The van der Waals surface area contributed by atoms with Crippen LogP contribution in [-0.4, -0.2) is 6.54 Å². The maximum Gasteiger partial charge on any atom is 0.0349 e. The number of hydrogen-bond acceptors (Lipinski definition) is 2. The van der Waals surface area contributed by atoms with Crippen LogP contribution >= 0.6 is 11.3 Å². The van der Waals surface area contributed by atoms with Crippen LogP contribution in [0.25, 0.3) is 0 Å². The van der Waals surface area contributed by atoms with Crippen LogP contribution in [0.2, 0.25) is 0 Å². The molecule has 2 atom stereocenters. The second-order valence-corrected chi connectivity index (χ2v) is 6.60. The highest BCUT2D eigenvalue weighted by Gasteiger charge is 2.19. The second kappa shape index (κ2) is 7.61. The standard InChI is InChI=1S/C18H25NS/c1-4-16-11-12-17(20-16)13-14(3)18(19-5-2)15-9-7-6-8-10-15/h6-12,14,18-19H,4-5,13H2,1-3H3. The first-order valence-corrected chi connectivity index (χ1v) is 8.42. The molecule has 2 rings (SSSR count). The van der Waals surface area contributed by atoms with Crippen LogP contribution in [-0.2, 0) is 12.8 Å². The molecule has 1 N–H and O–H groups in total. The topological polar surface area (TPSA) is 12.0 Å². The number of hydrogen-bond donors (Lipinski definition) is 1. The predicted octanol–water partition coefficient (Wildman–Crippen LogP) is 4.84. The molecule has 2 aromatic rings. The summed E-state index contributed by atoms with van der Waals surface area (Å²) in [5.41, 5.74) is 1.40. The van der Waals surface area contributed by atoms with Crippen molar-refractivity contribution < 1.29 is 0 Å². The summed E-state index contributed by atoms with van der Waals surface area (Å²) in [5.74, 6) is 0.598. The summed E-state index contributed by atoms with van der Waals surface area (Å²) in [5, 5.41) is 3.64. The normalized spacial score (nSPS) is 14.2. The molecule has 0 aliphatic carbocycles. The minimum absolute atomic E-state index is 0.438. The molecular formula is C18H25NS. The van der Waals surface area contributed by atoms with Crippen LogP contribution in [0.4, 0.5) is 0 Å². The van der Waals surface area contributed by atoms with Crippen molar-refractivity contribution in [2.24, 2.45) is 5.92 Å². The molecule has 0 bridgehead atoms. The number of nitrogens with one attached hydrogen (secondary N) is 1. The Morgan fingerprint density at radius 2 is 1.70 bits per heavy atom. The lowest BCUT2D eigenvalue weighted by atomic mass is 9.91. The molecule has 0 saturated heterocycles. The summed E-state index contributed by atoms with van der Waals surface area (Å²) in [6, 6.07) is 15.8. The third-order valence-corrected chi connectivity index (χ3v) is 4.99. The maximum absolute atomic E-state index is 3.64. The van der Waals surface area contributed by atoms with Crippen molar-refractivity contribution in [2.75, 3.05) is 6.54 Å². The predicted molar refractivity (Wildman–Crippen MR) is 89.4 cm³/mol. The molecule has 20 heavy (non-hydrogen) atoms. The van der Waals surface area contributed by atoms with E-state index in [4.69, 9.17) is 0 Å². The quantitative estimate of drug-likeness (QED) is 0.768. The third kappa shape index (κ3) is 3.94. The SMILES string of the molecule is CCNC(c1ccccc1)C(C)Cc1ccc(CC)s1. The summed E-state index contributed by atoms with van der Waals surface area (Å²) >= 11 is 1.96. The Bertz CT molecular complexity index is 503. The van der Waals surface area contributed by atoms with Crippen molar-refractivity contribution in [3.63, 3.8) is 0 Å². The molecule has 0 spiro atoms. The van der Waals surface area contributed by atoms with Gasteiger partial charge in [-0.05, 0) is 43.0 Å². The lowest BCUT2D eigenvalue weighted by Gasteiger charge is -2.25. The van der Waals surface area contributed by atoms with Gasteiger partial charge >= 0.3 is 0 Å². The van der Waals surface area contributed by atoms with Gasteiger partial charge in [0.05, 0.1) is 0 Å². The molecule has 2 heteroatoms. The Morgan fingerprint density at radius 1 is 1.00 bits per heavy atom. The van der Waals surface area contributed by atoms with Gasteiger partial charge in [0.2, 0.25) is 0 Å². The molecule has 0 aliphatic heterocycles. The fourth-order valence-electron chi connectivity index (χ4n) is 2.69. The molecule has 0 amide bonds. The molecule has 108 valence electrons. The third-order valence-electron chi connectivity index (χ3n) is 3.74. The molecule has 1 heterocycles. The zero-order chi connectivity index (χ0) is 14.4. The van der Waals surface area contributed by atoms with E-state index < -0.39 is 0 Å². The molecule has 2 unspecified atom stereocenters. The van der Waals surface area contributed by atoms with E-state index in [2.05, 4.69) is 68.6 Å². The number of rotatable bonds is 7. The van der Waals surface area contributed by atoms with E-state index in [1.807, 2.05) is 11.3 Å². The lowest BCUT2D eigenvalue weighted by Crippen LogP contribution is -2.27. The van der Waals surface area contributed by atoms with Crippen molar-refractivity contribution in [1.82, 2.24) is 5.32 Å². The second-order valence-electron chi connectivity index (χ2n) is 5.35. The molecule has 1 aromatic heterocycles. The van der Waals surface area contributed by atoms with Gasteiger partial charge < -0.3 is 5.32 Å². The van der Waals surface area contributed by atoms with Gasteiger partial charge in [-0.2, -0.15) is 0 Å². The molecule has 1 nitrogen and oxygen atoms in total. The first-order valence-electron chi connectivity index (χ1n) is 7.60. The smallest absolute Gasteiger partial charge is 0.0349 e. The van der Waals surface area contributed by atoms with Crippen molar-refractivity contribution >= 4 is 11.3 Å². The maximum atomic E-state index is 3.64. The average Bonchev–Trinajstić information content (AvgIpc) is 2.93. The Hall–Kier alpha value is -1.12. The van der Waals surface area contributed by atoms with E-state index >= 15 is 0 Å². The van der Waals surface area contributed by atoms with Crippen LogP contribution < -0.4 is 5.32 Å². The average molecular weight is 287 g/mol. The monoisotopic (exact) mass is 287 g/mol. The van der Waals surface area contributed by atoms with E-state index in [0.29, 0.717) is 12.0 Å². The minimum atomic E-state index is 0.438. The van der Waals surface area contributed by atoms with Crippen molar-refractivity contribution in [1.29, 1.82) is 0 Å². The van der Waals surface area contributed by atoms with Crippen LogP contribution in [0.5, 0.6) is 0 Å². The zero-order valence-corrected chi connectivity index (χ0v) is 13.5. The molecule has 1 aromatic carbocycles. The molecule has 0 fully saturated rings. The van der Waals surface area contributed by atoms with Crippen LogP contribution in [0, 0.1) is 5.92 Å². The molecule has 0 aliphatic rings. The minimum Gasteiger partial charge on any atom is -0.310 e. The van der Waals surface area contributed by atoms with Gasteiger partial charge in [0.1, 0.15) is 0 Å². The van der Waals surface area contributed by atoms with Gasteiger partial charge in [-0.3, -0.25) is 0 Å². The van der Waals surface area contributed by atoms with E-state index in [0.717, 1.165) is 19.4 Å². The zero-order valence-electron chi connectivity index (χ0n) is 12.7. The summed E-state index contributed by atoms with van der Waals surface area (Å²) in [7, 11) is 0. The molecular weight excluding hydrogens is 262 g/mol. The van der Waals surface area contributed by atoms with E-state index in [-0.39, 0.29) is 0 Å². The number of benzene rings is 1. The Kier molecular flexibility index (Phi) is 5.81. The summed E-state index contributed by atoms with van der Waals surface area (Å²) in [4.78, 5) is 3.00. The van der Waals surface area contributed by atoms with Gasteiger partial charge in [-0.15, -0.1) is 11.3 Å². The highest BCUT2D eigenvalue weighted by molar-refractivity contribution is 7.11. The summed E-state index contributed by atoms with van der Waals surface area (Å²) in [6.07, 6.45) is 2.30. The van der Waals surface area contributed by atoms with Gasteiger partial charge in [-0.1, -0.05) is 51.1 Å². The Morgan fingerprint density at radius 3 is 2.30 bits per heavy atom. The van der Waals surface area contributed by atoms with Crippen LogP contribution in [0.3, 0.4) is 0 Å². The van der Waals surface area contributed by atoms with Crippen LogP contribution in [0.15, 0.2) is 42.5 Å². The largest absolute Gasteiger partial charge is 0.310 e. The summed E-state index contributed by atoms with van der Waals surface area (Å²) < 4.78 is 0. The summed E-state index contributed by atoms with van der Waals surface area (Å²) in [6.45, 7) is 7.77. The fourth-order valence-corrected chi connectivity index (χ4v) is 3.78. The van der Waals surface area contributed by atoms with Crippen molar-refractivity contribution in [3.8, 4) is 0 Å². The first kappa shape index (κ1) is 15.3. The Balaban J connectivity index is 2.08. The molecule has 0 saturated carbocycles. The number of thiophene rings is 1. The first-order chi connectivity index (χ1) is 9.74. The number of aryl methyl sites for hydroxylation is 1. The van der Waals surface area contributed by atoms with E-state index in [1.165, 1.54) is 15.3 Å². The highest BCUT2D eigenvalue weighted by atomic mass is 32.1. The molecule has 0 radical (unpaired) electrons. The highest BCUT2D eigenvalue weighted by Crippen LogP contribution is 2.28. The van der Waals surface area contributed by atoms with Gasteiger partial charge in [0.15, 0.2) is 0 Å².